The van der Waals surface area contributed by atoms with Gasteiger partial charge in [-0.05, 0) is 123 Å². The first kappa shape index (κ1) is 57.2. The van der Waals surface area contributed by atoms with Crippen LogP contribution in [-0.4, -0.2) is 63.7 Å². The fourth-order valence-electron chi connectivity index (χ4n) is 6.00. The van der Waals surface area contributed by atoms with Gasteiger partial charge >= 0.3 is 18.3 Å². The predicted molar refractivity (Wildman–Crippen MR) is 274 cm³/mol. The van der Waals surface area contributed by atoms with Crippen molar-refractivity contribution in [2.45, 2.75) is 153 Å². The Morgan fingerprint density at radius 2 is 0.794 bits per heavy atom. The number of benzene rings is 3. The smallest absolute Gasteiger partial charge is 0.412 e. The first-order valence-electron chi connectivity index (χ1n) is 23.3. The lowest BCUT2D eigenvalue weighted by Crippen LogP contribution is -2.27. The summed E-state index contributed by atoms with van der Waals surface area (Å²) in [5.41, 5.74) is 5.04. The molecule has 0 aliphatic rings. The Morgan fingerprint density at radius 1 is 0.485 bits per heavy atom. The van der Waals surface area contributed by atoms with Crippen molar-refractivity contribution >= 4 is 35.3 Å². The number of anilines is 3. The molecule has 0 aliphatic carbocycles. The minimum absolute atomic E-state index is 0.432. The molecule has 3 heterocycles. The highest BCUT2D eigenvalue weighted by Crippen LogP contribution is 2.21. The van der Waals surface area contributed by atoms with Crippen LogP contribution in [0.25, 0.3) is 0 Å². The van der Waals surface area contributed by atoms with Crippen molar-refractivity contribution in [3.05, 3.63) is 145 Å². The first-order chi connectivity index (χ1) is 32.2. The maximum absolute atomic E-state index is 11.9. The van der Waals surface area contributed by atoms with Gasteiger partial charge in [0.25, 0.3) is 0 Å². The zero-order valence-corrected chi connectivity index (χ0v) is 42.9. The molecule has 0 fully saturated rings. The van der Waals surface area contributed by atoms with E-state index >= 15 is 0 Å². The molecule has 3 amide bonds. The van der Waals surface area contributed by atoms with E-state index in [1.807, 2.05) is 208 Å². The van der Waals surface area contributed by atoms with Crippen LogP contribution in [0.2, 0.25) is 0 Å². The summed E-state index contributed by atoms with van der Waals surface area (Å²) in [4.78, 5) is 47.9. The molecular formula is C53H77N9O6. The zero-order valence-electron chi connectivity index (χ0n) is 42.9. The lowest BCUT2D eigenvalue weighted by molar-refractivity contribution is 0.0624. The molecule has 15 heteroatoms. The second kappa shape index (κ2) is 29.0. The average molecular weight is 936 g/mol. The van der Waals surface area contributed by atoms with E-state index in [1.165, 1.54) is 0 Å². The fourth-order valence-corrected chi connectivity index (χ4v) is 6.00. The van der Waals surface area contributed by atoms with Crippen LogP contribution in [0.4, 0.5) is 31.4 Å². The number of aryl methyl sites for hydroxylation is 7. The number of rotatable bonds is 12. The van der Waals surface area contributed by atoms with Crippen molar-refractivity contribution in [3.63, 3.8) is 0 Å². The highest BCUT2D eigenvalue weighted by atomic mass is 16.6. The second-order valence-electron chi connectivity index (χ2n) is 18.0. The van der Waals surface area contributed by atoms with Crippen molar-refractivity contribution < 1.29 is 28.6 Å². The molecule has 6 rings (SSSR count). The van der Waals surface area contributed by atoms with Crippen LogP contribution in [0.3, 0.4) is 0 Å². The van der Waals surface area contributed by atoms with Crippen LogP contribution in [0.5, 0.6) is 0 Å². The molecule has 0 aliphatic heterocycles. The zero-order chi connectivity index (χ0) is 50.8. The summed E-state index contributed by atoms with van der Waals surface area (Å²) in [5, 5.41) is 8.44. The molecule has 3 N–H and O–H groups in total. The van der Waals surface area contributed by atoms with Crippen LogP contribution >= 0.6 is 0 Å². The minimum Gasteiger partial charge on any atom is -0.444 e. The van der Waals surface area contributed by atoms with Gasteiger partial charge in [-0.2, -0.15) is 0 Å². The molecule has 0 atom stereocenters. The van der Waals surface area contributed by atoms with Crippen molar-refractivity contribution in [3.8, 4) is 0 Å². The van der Waals surface area contributed by atoms with E-state index in [-0.39, 0.29) is 0 Å². The molecular weight excluding hydrogens is 859 g/mol. The van der Waals surface area contributed by atoms with Crippen LogP contribution in [0.15, 0.2) is 123 Å². The standard InChI is InChI=1S/C17H23N3O2.2C16H21N3O2.2C2H6/c1-13-11-20(12-18-13)10-9-14-7-5-6-8-15(14)19-16(21)22-17(2,3)4;2*1-16(2,3)21-15(20)18-14-7-5-4-6-13(14)8-10-19-11-9-17-12-19;2*1-2/h5-8,11-12H,9-10H2,1-4H3,(H,19,21);2*4-7,9,11-12H,8,10H2,1-3H3,(H,18,20);2*1-2H3. The highest BCUT2D eigenvalue weighted by molar-refractivity contribution is 5.87. The van der Waals surface area contributed by atoms with Gasteiger partial charge in [0.15, 0.2) is 0 Å². The van der Waals surface area contributed by atoms with Crippen LogP contribution < -0.4 is 16.0 Å². The van der Waals surface area contributed by atoms with E-state index in [0.29, 0.717) is 0 Å². The van der Waals surface area contributed by atoms with E-state index in [2.05, 4.69) is 30.9 Å². The van der Waals surface area contributed by atoms with E-state index in [0.717, 1.165) is 78.3 Å². The van der Waals surface area contributed by atoms with Gasteiger partial charge in [0.2, 0.25) is 0 Å². The molecule has 370 valence electrons. The summed E-state index contributed by atoms with van der Waals surface area (Å²) in [7, 11) is 0. The Kier molecular flexibility index (Phi) is 24.4. The summed E-state index contributed by atoms with van der Waals surface area (Å²) >= 11 is 0. The number of ether oxygens (including phenoxy) is 3. The van der Waals surface area contributed by atoms with Gasteiger partial charge in [0.1, 0.15) is 16.8 Å². The molecule has 3 aromatic carbocycles. The molecule has 0 unspecified atom stereocenters. The number of nitrogens with one attached hydrogen (secondary N) is 3. The van der Waals surface area contributed by atoms with E-state index < -0.39 is 35.1 Å². The Labute approximate surface area is 405 Å². The number of carbonyl (C=O) groups is 3. The van der Waals surface area contributed by atoms with Crippen molar-refractivity contribution in [2.75, 3.05) is 16.0 Å². The summed E-state index contributed by atoms with van der Waals surface area (Å²) in [6, 6.07) is 23.3. The van der Waals surface area contributed by atoms with Crippen molar-refractivity contribution in [2.24, 2.45) is 0 Å². The molecule has 0 saturated heterocycles. The third-order valence-electron chi connectivity index (χ3n) is 8.76. The van der Waals surface area contributed by atoms with Gasteiger partial charge in [0, 0.05) is 67.7 Å². The van der Waals surface area contributed by atoms with Crippen molar-refractivity contribution in [1.29, 1.82) is 0 Å². The highest BCUT2D eigenvalue weighted by Gasteiger charge is 2.19. The van der Waals surface area contributed by atoms with E-state index in [4.69, 9.17) is 14.2 Å². The largest absolute Gasteiger partial charge is 0.444 e. The van der Waals surface area contributed by atoms with Crippen LogP contribution in [-0.2, 0) is 53.1 Å². The van der Waals surface area contributed by atoms with E-state index in [9.17, 15) is 14.4 Å². The van der Waals surface area contributed by atoms with Crippen LogP contribution in [0.1, 0.15) is 112 Å². The topological polar surface area (TPSA) is 168 Å². The van der Waals surface area contributed by atoms with E-state index in [1.54, 1.807) is 25.0 Å². The summed E-state index contributed by atoms with van der Waals surface area (Å²) in [5.74, 6) is 0. The Balaban J connectivity index is 0.000000337. The number of hydrogen-bond donors (Lipinski definition) is 3. The molecule has 0 saturated carbocycles. The quantitative estimate of drug-likeness (QED) is 0.101. The van der Waals surface area contributed by atoms with Gasteiger partial charge in [-0.25, -0.2) is 29.3 Å². The minimum atomic E-state index is -0.507. The summed E-state index contributed by atoms with van der Waals surface area (Å²) < 4.78 is 21.9. The number of para-hydroxylation sites is 3. The monoisotopic (exact) mass is 936 g/mol. The summed E-state index contributed by atoms with van der Waals surface area (Å²) in [6.07, 6.45) is 15.9. The third-order valence-corrected chi connectivity index (χ3v) is 8.76. The molecule has 0 spiro atoms. The first-order valence-corrected chi connectivity index (χ1v) is 23.3. The average Bonchev–Trinajstić information content (AvgIpc) is 4.08. The van der Waals surface area contributed by atoms with Gasteiger partial charge in [-0.15, -0.1) is 0 Å². The Morgan fingerprint density at radius 3 is 1.06 bits per heavy atom. The lowest BCUT2D eigenvalue weighted by Gasteiger charge is -2.20. The number of imidazole rings is 3. The second-order valence-corrected chi connectivity index (χ2v) is 18.0. The normalized spacial score (nSPS) is 10.7. The molecule has 15 nitrogen and oxygen atoms in total. The van der Waals surface area contributed by atoms with Gasteiger partial charge in [-0.3, -0.25) is 16.0 Å². The van der Waals surface area contributed by atoms with Gasteiger partial charge < -0.3 is 27.9 Å². The number of aromatic nitrogens is 6. The molecule has 0 radical (unpaired) electrons. The SMILES string of the molecule is CC.CC.CC(C)(C)OC(=O)Nc1ccccc1CCn1ccnc1.CC(C)(C)OC(=O)Nc1ccccc1CCn1ccnc1.Cc1cn(CCc2ccccc2NC(=O)OC(C)(C)C)cn1. The number of carbonyl (C=O) groups excluding carboxylic acids is 3. The maximum Gasteiger partial charge on any atom is 0.412 e. The van der Waals surface area contributed by atoms with Crippen LogP contribution in [0, 0.1) is 6.92 Å². The maximum atomic E-state index is 11.9. The van der Waals surface area contributed by atoms with Gasteiger partial charge in [-0.1, -0.05) is 82.3 Å². The molecule has 68 heavy (non-hydrogen) atoms. The number of nitrogens with zero attached hydrogens (tertiary/aromatic N) is 6. The molecule has 0 bridgehead atoms. The molecule has 3 aromatic heterocycles. The lowest BCUT2D eigenvalue weighted by atomic mass is 10.1. The van der Waals surface area contributed by atoms with Gasteiger partial charge in [0.05, 0.1) is 24.7 Å². The number of hydrogen-bond acceptors (Lipinski definition) is 9. The molecule has 6 aromatic rings. The Hall–Kier alpha value is -6.90. The van der Waals surface area contributed by atoms with Crippen molar-refractivity contribution in [1.82, 2.24) is 28.7 Å². The summed E-state index contributed by atoms with van der Waals surface area (Å²) in [6.45, 7) is 29.0. The number of amides is 3. The predicted octanol–water partition coefficient (Wildman–Crippen LogP) is 12.8. The fraction of sp³-hybridized carbons (Fsp3) is 0.434. The Bertz CT molecular complexity index is 2230. The third kappa shape index (κ3) is 24.0.